The van der Waals surface area contributed by atoms with Gasteiger partial charge in [0.05, 0.1) is 13.6 Å². The molecule has 2 heterocycles. The molecule has 1 N–H and O–H groups in total. The summed E-state index contributed by atoms with van der Waals surface area (Å²) in [5.41, 5.74) is 0. The maximum atomic E-state index is 4.11. The maximum absolute atomic E-state index is 4.11. The molecule has 0 saturated heterocycles. The third-order valence-corrected chi connectivity index (χ3v) is 3.14. The molecule has 1 unspecified atom stereocenters. The lowest BCUT2D eigenvalue weighted by Crippen LogP contribution is -2.27. The highest BCUT2D eigenvalue weighted by molar-refractivity contribution is 7.09. The SMILES string of the molecule is CC(Cc1cccs1)NCc1nnn(C)n1. The summed E-state index contributed by atoms with van der Waals surface area (Å²) in [5, 5.41) is 17.3. The zero-order chi connectivity index (χ0) is 11.4. The van der Waals surface area contributed by atoms with Crippen molar-refractivity contribution in [1.82, 2.24) is 25.5 Å². The summed E-state index contributed by atoms with van der Waals surface area (Å²) in [6.07, 6.45) is 1.04. The number of nitrogens with one attached hydrogen (secondary N) is 1. The van der Waals surface area contributed by atoms with Gasteiger partial charge in [-0.3, -0.25) is 0 Å². The minimum absolute atomic E-state index is 0.419. The lowest BCUT2D eigenvalue weighted by Gasteiger charge is -2.10. The molecule has 1 atom stereocenters. The number of rotatable bonds is 5. The lowest BCUT2D eigenvalue weighted by molar-refractivity contribution is 0.534. The van der Waals surface area contributed by atoms with Crippen LogP contribution in [-0.2, 0) is 20.0 Å². The van der Waals surface area contributed by atoms with E-state index in [-0.39, 0.29) is 0 Å². The topological polar surface area (TPSA) is 55.6 Å². The number of hydrogen-bond donors (Lipinski definition) is 1. The van der Waals surface area contributed by atoms with Gasteiger partial charge in [0, 0.05) is 10.9 Å². The number of thiophene rings is 1. The summed E-state index contributed by atoms with van der Waals surface area (Å²) in [6.45, 7) is 2.83. The van der Waals surface area contributed by atoms with E-state index in [1.165, 1.54) is 9.67 Å². The average Bonchev–Trinajstić information content (AvgIpc) is 2.87. The highest BCUT2D eigenvalue weighted by atomic mass is 32.1. The van der Waals surface area contributed by atoms with E-state index in [9.17, 15) is 0 Å². The van der Waals surface area contributed by atoms with Crippen molar-refractivity contribution in [2.24, 2.45) is 7.05 Å². The molecule has 2 aromatic heterocycles. The summed E-state index contributed by atoms with van der Waals surface area (Å²) in [5.74, 6) is 0.737. The summed E-state index contributed by atoms with van der Waals surface area (Å²) in [6, 6.07) is 4.66. The maximum Gasteiger partial charge on any atom is 0.188 e. The Labute approximate surface area is 98.5 Å². The van der Waals surface area contributed by atoms with E-state index >= 15 is 0 Å². The second-order valence-electron chi connectivity index (χ2n) is 3.76. The predicted octanol–water partition coefficient (Wildman–Crippen LogP) is 0.992. The van der Waals surface area contributed by atoms with Crippen LogP contribution in [0.25, 0.3) is 0 Å². The van der Waals surface area contributed by atoms with Gasteiger partial charge >= 0.3 is 0 Å². The quantitative estimate of drug-likeness (QED) is 0.842. The second-order valence-corrected chi connectivity index (χ2v) is 4.79. The third-order valence-electron chi connectivity index (χ3n) is 2.25. The summed E-state index contributed by atoms with van der Waals surface area (Å²) in [4.78, 5) is 2.87. The molecule has 0 aromatic carbocycles. The Morgan fingerprint density at radius 1 is 1.56 bits per heavy atom. The number of aryl methyl sites for hydroxylation is 1. The van der Waals surface area contributed by atoms with Gasteiger partial charge in [-0.1, -0.05) is 6.07 Å². The van der Waals surface area contributed by atoms with E-state index in [1.807, 2.05) is 0 Å². The van der Waals surface area contributed by atoms with E-state index in [0.29, 0.717) is 12.6 Å². The van der Waals surface area contributed by atoms with Crippen LogP contribution in [-0.4, -0.2) is 26.2 Å². The Kier molecular flexibility index (Phi) is 3.63. The van der Waals surface area contributed by atoms with E-state index < -0.39 is 0 Å². The van der Waals surface area contributed by atoms with Crippen LogP contribution in [0.5, 0.6) is 0 Å². The molecule has 5 nitrogen and oxygen atoms in total. The Hall–Kier alpha value is -1.27. The zero-order valence-electron chi connectivity index (χ0n) is 9.42. The lowest BCUT2D eigenvalue weighted by atomic mass is 10.2. The Bertz CT molecular complexity index is 422. The molecule has 0 bridgehead atoms. The third kappa shape index (κ3) is 3.11. The highest BCUT2D eigenvalue weighted by Gasteiger charge is 2.06. The van der Waals surface area contributed by atoms with E-state index in [0.717, 1.165) is 12.2 Å². The molecule has 6 heteroatoms. The highest BCUT2D eigenvalue weighted by Crippen LogP contribution is 2.10. The van der Waals surface area contributed by atoms with E-state index in [4.69, 9.17) is 0 Å². The van der Waals surface area contributed by atoms with Gasteiger partial charge in [0.25, 0.3) is 0 Å². The van der Waals surface area contributed by atoms with E-state index in [2.05, 4.69) is 45.2 Å². The van der Waals surface area contributed by atoms with Gasteiger partial charge in [-0.15, -0.1) is 21.5 Å². The molecule has 86 valence electrons. The van der Waals surface area contributed by atoms with Crippen molar-refractivity contribution in [2.75, 3.05) is 0 Å². The molecule has 0 amide bonds. The average molecular weight is 237 g/mol. The van der Waals surface area contributed by atoms with Gasteiger partial charge in [-0.05, 0) is 30.0 Å². The number of hydrogen-bond acceptors (Lipinski definition) is 5. The summed E-state index contributed by atoms with van der Waals surface area (Å²) in [7, 11) is 1.77. The van der Waals surface area contributed by atoms with Crippen molar-refractivity contribution in [3.05, 3.63) is 28.2 Å². The van der Waals surface area contributed by atoms with E-state index in [1.54, 1.807) is 18.4 Å². The van der Waals surface area contributed by atoms with Crippen LogP contribution in [0.4, 0.5) is 0 Å². The monoisotopic (exact) mass is 237 g/mol. The number of aromatic nitrogens is 4. The molecule has 0 saturated carbocycles. The van der Waals surface area contributed by atoms with Crippen molar-refractivity contribution < 1.29 is 0 Å². The van der Waals surface area contributed by atoms with Gasteiger partial charge in [0.2, 0.25) is 0 Å². The minimum Gasteiger partial charge on any atom is -0.307 e. The van der Waals surface area contributed by atoms with Gasteiger partial charge in [-0.2, -0.15) is 4.80 Å². The van der Waals surface area contributed by atoms with Gasteiger partial charge in [0.1, 0.15) is 0 Å². The molecule has 16 heavy (non-hydrogen) atoms. The van der Waals surface area contributed by atoms with Crippen LogP contribution in [0.3, 0.4) is 0 Å². The van der Waals surface area contributed by atoms with Gasteiger partial charge < -0.3 is 5.32 Å². The Morgan fingerprint density at radius 2 is 2.44 bits per heavy atom. The van der Waals surface area contributed by atoms with Crippen LogP contribution >= 0.6 is 11.3 Å². The first-order chi connectivity index (χ1) is 7.74. The van der Waals surface area contributed by atoms with Gasteiger partial charge in [0.15, 0.2) is 5.82 Å². The first kappa shape index (κ1) is 11.2. The fourth-order valence-corrected chi connectivity index (χ4v) is 2.30. The Morgan fingerprint density at radius 3 is 3.06 bits per heavy atom. The minimum atomic E-state index is 0.419. The summed E-state index contributed by atoms with van der Waals surface area (Å²) >= 11 is 1.79. The van der Waals surface area contributed by atoms with Crippen LogP contribution in [0.2, 0.25) is 0 Å². The second kappa shape index (κ2) is 5.18. The van der Waals surface area contributed by atoms with Crippen LogP contribution in [0.1, 0.15) is 17.6 Å². The molecule has 2 aromatic rings. The van der Waals surface area contributed by atoms with Crippen LogP contribution in [0.15, 0.2) is 17.5 Å². The standard InChI is InChI=1S/C10H15N5S/c1-8(6-9-4-3-5-16-9)11-7-10-12-14-15(2)13-10/h3-5,8,11H,6-7H2,1-2H3. The predicted molar refractivity (Wildman–Crippen MR) is 63.1 cm³/mol. The molecule has 0 radical (unpaired) electrons. The smallest absolute Gasteiger partial charge is 0.188 e. The molecule has 2 rings (SSSR count). The van der Waals surface area contributed by atoms with Crippen molar-refractivity contribution in [3.8, 4) is 0 Å². The normalized spacial score (nSPS) is 12.9. The van der Waals surface area contributed by atoms with Gasteiger partial charge in [-0.25, -0.2) is 0 Å². The fourth-order valence-electron chi connectivity index (χ4n) is 1.46. The molecule has 0 aliphatic rings. The molecule has 0 fully saturated rings. The van der Waals surface area contributed by atoms with Crippen molar-refractivity contribution in [1.29, 1.82) is 0 Å². The first-order valence-electron chi connectivity index (χ1n) is 5.22. The van der Waals surface area contributed by atoms with Crippen molar-refractivity contribution >= 4 is 11.3 Å². The number of tetrazole rings is 1. The fraction of sp³-hybridized carbons (Fsp3) is 0.500. The van der Waals surface area contributed by atoms with Crippen molar-refractivity contribution in [2.45, 2.75) is 25.9 Å². The molecule has 0 aliphatic carbocycles. The van der Waals surface area contributed by atoms with Crippen molar-refractivity contribution in [3.63, 3.8) is 0 Å². The number of nitrogens with zero attached hydrogens (tertiary/aromatic N) is 4. The van der Waals surface area contributed by atoms with Crippen LogP contribution in [0, 0.1) is 0 Å². The first-order valence-corrected chi connectivity index (χ1v) is 6.10. The molecule has 0 aliphatic heterocycles. The molecular weight excluding hydrogens is 222 g/mol. The molecular formula is C10H15N5S. The zero-order valence-corrected chi connectivity index (χ0v) is 10.2. The largest absolute Gasteiger partial charge is 0.307 e. The Balaban J connectivity index is 1.77. The summed E-state index contributed by atoms with van der Waals surface area (Å²) < 4.78 is 0. The molecule has 0 spiro atoms. The van der Waals surface area contributed by atoms with Crippen LogP contribution < -0.4 is 5.32 Å².